The molecule has 0 saturated carbocycles. The van der Waals surface area contributed by atoms with Gasteiger partial charge in [-0.1, -0.05) is 0 Å². The van der Waals surface area contributed by atoms with Crippen LogP contribution in [0.2, 0.25) is 0 Å². The monoisotopic (exact) mass is 173 g/mol. The average Bonchev–Trinajstić information content (AvgIpc) is 2.28. The zero-order chi connectivity index (χ0) is 8.81. The van der Waals surface area contributed by atoms with Crippen LogP contribution in [-0.4, -0.2) is 49.8 Å². The fraction of sp³-hybridized carbons (Fsp3) is 0.857. The van der Waals surface area contributed by atoms with E-state index in [1.54, 1.807) is 0 Å². The second kappa shape index (κ2) is 5.08. The predicted octanol–water partition coefficient (Wildman–Crippen LogP) is -1.78. The van der Waals surface area contributed by atoms with Crippen molar-refractivity contribution in [3.8, 4) is 0 Å². The van der Waals surface area contributed by atoms with E-state index in [9.17, 15) is 4.79 Å². The van der Waals surface area contributed by atoms with Crippen molar-refractivity contribution in [2.45, 2.75) is 6.04 Å². The Labute approximate surface area is 71.5 Å². The Hall–Kier alpha value is -0.650. The molecule has 0 aromatic heterocycles. The van der Waals surface area contributed by atoms with Crippen LogP contribution in [0.3, 0.4) is 0 Å². The minimum atomic E-state index is -0.806. The number of aliphatic carboxylic acids is 1. The first kappa shape index (κ1) is 9.44. The van der Waals surface area contributed by atoms with Gasteiger partial charge in [0.15, 0.2) is 0 Å². The van der Waals surface area contributed by atoms with Gasteiger partial charge in [0.2, 0.25) is 0 Å². The molecule has 0 aromatic carbocycles. The van der Waals surface area contributed by atoms with Gasteiger partial charge in [-0.2, -0.15) is 0 Å². The van der Waals surface area contributed by atoms with E-state index < -0.39 is 5.97 Å². The van der Waals surface area contributed by atoms with E-state index in [0.717, 1.165) is 26.2 Å². The normalized spacial score (nSPS) is 20.3. The number of rotatable bonds is 3. The third-order valence-electron chi connectivity index (χ3n) is 1.80. The average molecular weight is 173 g/mol. The third kappa shape index (κ3) is 3.66. The van der Waals surface area contributed by atoms with Crippen LogP contribution in [0.1, 0.15) is 0 Å². The summed E-state index contributed by atoms with van der Waals surface area (Å²) in [6.45, 7) is 3.60. The van der Waals surface area contributed by atoms with Crippen molar-refractivity contribution in [2.24, 2.45) is 0 Å². The number of hydrogen-bond donors (Lipinski definition) is 4. The van der Waals surface area contributed by atoms with Gasteiger partial charge in [0.05, 0.1) is 6.54 Å². The summed E-state index contributed by atoms with van der Waals surface area (Å²) in [5.41, 5.74) is 0. The Morgan fingerprint density at radius 3 is 2.50 bits per heavy atom. The van der Waals surface area contributed by atoms with Crippen molar-refractivity contribution in [1.82, 2.24) is 16.0 Å². The van der Waals surface area contributed by atoms with Gasteiger partial charge in [0, 0.05) is 32.2 Å². The zero-order valence-electron chi connectivity index (χ0n) is 6.97. The van der Waals surface area contributed by atoms with Gasteiger partial charge in [0.1, 0.15) is 0 Å². The topological polar surface area (TPSA) is 73.4 Å². The number of carboxylic acid groups (broad SMARTS) is 1. The first-order valence-electron chi connectivity index (χ1n) is 4.15. The van der Waals surface area contributed by atoms with E-state index in [2.05, 4.69) is 16.0 Å². The SMILES string of the molecule is O=C(O)CNC1CNCCNC1. The quantitative estimate of drug-likeness (QED) is 0.406. The molecule has 1 aliphatic heterocycles. The molecule has 0 spiro atoms. The highest BCUT2D eigenvalue weighted by Gasteiger charge is 2.10. The van der Waals surface area contributed by atoms with Crippen molar-refractivity contribution < 1.29 is 9.90 Å². The molecule has 1 fully saturated rings. The molecule has 5 heteroatoms. The summed E-state index contributed by atoms with van der Waals surface area (Å²) in [7, 11) is 0. The summed E-state index contributed by atoms with van der Waals surface area (Å²) >= 11 is 0. The fourth-order valence-corrected chi connectivity index (χ4v) is 1.18. The van der Waals surface area contributed by atoms with E-state index in [4.69, 9.17) is 5.11 Å². The van der Waals surface area contributed by atoms with Gasteiger partial charge in [0.25, 0.3) is 0 Å². The molecule has 0 atom stereocenters. The summed E-state index contributed by atoms with van der Waals surface area (Å²) in [4.78, 5) is 10.2. The highest BCUT2D eigenvalue weighted by molar-refractivity contribution is 5.69. The molecule has 0 unspecified atom stereocenters. The summed E-state index contributed by atoms with van der Waals surface area (Å²) in [5, 5.41) is 17.8. The van der Waals surface area contributed by atoms with Gasteiger partial charge in [-0.05, 0) is 0 Å². The van der Waals surface area contributed by atoms with Crippen LogP contribution in [0.15, 0.2) is 0 Å². The van der Waals surface area contributed by atoms with Crippen molar-refractivity contribution in [3.63, 3.8) is 0 Å². The highest BCUT2D eigenvalue weighted by Crippen LogP contribution is 1.82. The van der Waals surface area contributed by atoms with E-state index in [-0.39, 0.29) is 12.6 Å². The summed E-state index contributed by atoms with van der Waals surface area (Å²) in [5.74, 6) is -0.806. The van der Waals surface area contributed by atoms with E-state index in [1.807, 2.05) is 0 Å². The maximum atomic E-state index is 10.2. The molecule has 1 aliphatic rings. The van der Waals surface area contributed by atoms with Crippen LogP contribution in [0.5, 0.6) is 0 Å². The minimum absolute atomic E-state index is 0.0357. The molecule has 0 bridgehead atoms. The molecule has 0 aromatic rings. The maximum absolute atomic E-state index is 10.2. The second-order valence-corrected chi connectivity index (χ2v) is 2.88. The maximum Gasteiger partial charge on any atom is 0.317 e. The third-order valence-corrected chi connectivity index (χ3v) is 1.80. The molecule has 12 heavy (non-hydrogen) atoms. The van der Waals surface area contributed by atoms with Crippen molar-refractivity contribution in [1.29, 1.82) is 0 Å². The van der Waals surface area contributed by atoms with Crippen molar-refractivity contribution >= 4 is 5.97 Å². The van der Waals surface area contributed by atoms with Gasteiger partial charge in [-0.3, -0.25) is 4.79 Å². The lowest BCUT2D eigenvalue weighted by Crippen LogP contribution is -2.44. The molecule has 0 aliphatic carbocycles. The van der Waals surface area contributed by atoms with Crippen LogP contribution in [0.4, 0.5) is 0 Å². The first-order valence-corrected chi connectivity index (χ1v) is 4.15. The molecule has 1 saturated heterocycles. The molecular formula is C7H15N3O2. The Bertz CT molecular complexity index is 144. The number of hydrogen-bond acceptors (Lipinski definition) is 4. The predicted molar refractivity (Wildman–Crippen MR) is 45.2 cm³/mol. The molecule has 0 amide bonds. The lowest BCUT2D eigenvalue weighted by molar-refractivity contribution is -0.136. The Balaban J connectivity index is 2.16. The molecule has 1 rings (SSSR count). The second-order valence-electron chi connectivity index (χ2n) is 2.88. The Morgan fingerprint density at radius 1 is 1.42 bits per heavy atom. The van der Waals surface area contributed by atoms with Crippen molar-refractivity contribution in [3.05, 3.63) is 0 Å². The van der Waals surface area contributed by atoms with Crippen LogP contribution in [0, 0.1) is 0 Å². The Kier molecular flexibility index (Phi) is 3.99. The van der Waals surface area contributed by atoms with Gasteiger partial charge in [-0.25, -0.2) is 0 Å². The number of carboxylic acids is 1. The number of nitrogens with one attached hydrogen (secondary N) is 3. The molecule has 0 radical (unpaired) electrons. The van der Waals surface area contributed by atoms with E-state index in [0.29, 0.717) is 0 Å². The molecule has 5 nitrogen and oxygen atoms in total. The lowest BCUT2D eigenvalue weighted by Gasteiger charge is -2.14. The summed E-state index contributed by atoms with van der Waals surface area (Å²) in [6, 6.07) is 0.226. The fourth-order valence-electron chi connectivity index (χ4n) is 1.18. The van der Waals surface area contributed by atoms with E-state index >= 15 is 0 Å². The van der Waals surface area contributed by atoms with Crippen LogP contribution in [-0.2, 0) is 4.79 Å². The van der Waals surface area contributed by atoms with Gasteiger partial charge >= 0.3 is 5.97 Å². The van der Waals surface area contributed by atoms with Gasteiger partial charge < -0.3 is 21.1 Å². The molecule has 4 N–H and O–H groups in total. The molecule has 1 heterocycles. The standard InChI is InChI=1S/C7H15N3O2/c11-7(12)5-10-6-3-8-1-2-9-4-6/h6,8-10H,1-5H2,(H,11,12). The molecular weight excluding hydrogens is 158 g/mol. The highest BCUT2D eigenvalue weighted by atomic mass is 16.4. The smallest absolute Gasteiger partial charge is 0.317 e. The summed E-state index contributed by atoms with van der Waals surface area (Å²) in [6.07, 6.45) is 0. The molecule has 70 valence electrons. The van der Waals surface area contributed by atoms with E-state index in [1.165, 1.54) is 0 Å². The first-order chi connectivity index (χ1) is 5.79. The van der Waals surface area contributed by atoms with Crippen LogP contribution < -0.4 is 16.0 Å². The number of carbonyl (C=O) groups is 1. The van der Waals surface area contributed by atoms with Crippen molar-refractivity contribution in [2.75, 3.05) is 32.7 Å². The lowest BCUT2D eigenvalue weighted by atomic mass is 10.3. The zero-order valence-corrected chi connectivity index (χ0v) is 6.97. The van der Waals surface area contributed by atoms with Crippen LogP contribution in [0.25, 0.3) is 0 Å². The minimum Gasteiger partial charge on any atom is -0.480 e. The largest absolute Gasteiger partial charge is 0.480 e. The Morgan fingerprint density at radius 2 is 2.00 bits per heavy atom. The summed E-state index contributed by atoms with van der Waals surface area (Å²) < 4.78 is 0. The van der Waals surface area contributed by atoms with Crippen LogP contribution >= 0.6 is 0 Å². The van der Waals surface area contributed by atoms with Gasteiger partial charge in [-0.15, -0.1) is 0 Å².